The van der Waals surface area contributed by atoms with Crippen LogP contribution in [0.25, 0.3) is 0 Å². The van der Waals surface area contributed by atoms with Gasteiger partial charge in [-0.2, -0.15) is 0 Å². The molecular formula is C4H6Al2O17S3. The number of aliphatic carboxylic acids is 2. The fourth-order valence-electron chi connectivity index (χ4n) is 0.253. The molecule has 0 spiro atoms. The van der Waals surface area contributed by atoms with Gasteiger partial charge in [0.2, 0.25) is 0 Å². The van der Waals surface area contributed by atoms with Crippen molar-refractivity contribution in [1.82, 2.24) is 0 Å². The van der Waals surface area contributed by atoms with Gasteiger partial charge in [0.1, 0.15) is 0 Å². The van der Waals surface area contributed by atoms with E-state index in [1.807, 2.05) is 0 Å². The molecule has 0 aliphatic rings. The summed E-state index contributed by atoms with van der Waals surface area (Å²) in [5.74, 6) is -2.85. The molecule has 0 saturated carbocycles. The fourth-order valence-corrected chi connectivity index (χ4v) is 0.253. The van der Waals surface area contributed by atoms with Crippen LogP contribution in [0.15, 0.2) is 0 Å². The molecule has 0 rings (SSSR count). The number of carbonyl (C=O) groups is 2. The van der Waals surface area contributed by atoms with Crippen LogP contribution >= 0.6 is 0 Å². The molecule has 0 heterocycles. The number of rotatable bonds is 3. The molecule has 22 heteroatoms. The van der Waals surface area contributed by atoms with Crippen molar-refractivity contribution >= 4 is 77.9 Å². The SMILES string of the molecule is O=C(O)CC(O)C(=O)O.O=S(=O)([O-])[O-].O=S(=O)([O-])[O-].O=S(=O)([O-])[O-].[Al+3].[Al+3]. The molecule has 0 saturated heterocycles. The zero-order valence-corrected chi connectivity index (χ0v) is 16.5. The maximum absolute atomic E-state index is 9.72. The van der Waals surface area contributed by atoms with E-state index in [4.69, 9.17) is 67.9 Å². The van der Waals surface area contributed by atoms with Crippen LogP contribution in [-0.4, -0.2) is 121 Å². The van der Waals surface area contributed by atoms with Crippen LogP contribution in [0.3, 0.4) is 0 Å². The average molecular weight is 476 g/mol. The number of carboxylic acids is 2. The number of hydrogen-bond donors (Lipinski definition) is 3. The predicted molar refractivity (Wildman–Crippen MR) is 68.8 cm³/mol. The third-order valence-electron chi connectivity index (χ3n) is 0.653. The van der Waals surface area contributed by atoms with Crippen LogP contribution in [0.2, 0.25) is 0 Å². The van der Waals surface area contributed by atoms with Gasteiger partial charge in [-0.25, -0.2) is 4.79 Å². The molecule has 1 atom stereocenters. The summed E-state index contributed by atoms with van der Waals surface area (Å²) in [5.41, 5.74) is 0. The number of carboxylic acid groups (broad SMARTS) is 2. The molecule has 0 aromatic carbocycles. The summed E-state index contributed by atoms with van der Waals surface area (Å²) in [6.45, 7) is 0. The first-order valence-electron chi connectivity index (χ1n) is 4.16. The number of hydrogen-bond acceptors (Lipinski definition) is 15. The molecule has 0 aromatic rings. The summed E-state index contributed by atoms with van der Waals surface area (Å²) >= 11 is 0. The van der Waals surface area contributed by atoms with Crippen molar-refractivity contribution in [1.29, 1.82) is 0 Å². The van der Waals surface area contributed by atoms with Gasteiger partial charge in [0.25, 0.3) is 0 Å². The molecule has 148 valence electrons. The van der Waals surface area contributed by atoms with Crippen molar-refractivity contribution in [3.05, 3.63) is 0 Å². The quantitative estimate of drug-likeness (QED) is 0.194. The molecule has 0 bridgehead atoms. The Bertz CT molecular complexity index is 580. The zero-order chi connectivity index (χ0) is 20.9. The van der Waals surface area contributed by atoms with E-state index in [1.165, 1.54) is 0 Å². The van der Waals surface area contributed by atoms with Gasteiger partial charge in [-0.15, -0.1) is 0 Å². The Kier molecular flexibility index (Phi) is 27.8. The Hall–Kier alpha value is -0.425. The van der Waals surface area contributed by atoms with E-state index in [1.54, 1.807) is 0 Å². The van der Waals surface area contributed by atoms with Crippen molar-refractivity contribution in [3.8, 4) is 0 Å². The molecule has 0 aromatic heterocycles. The van der Waals surface area contributed by atoms with Crippen molar-refractivity contribution in [2.24, 2.45) is 0 Å². The Morgan fingerprint density at radius 2 is 0.846 bits per heavy atom. The molecule has 0 radical (unpaired) electrons. The largest absolute Gasteiger partial charge is 3.00 e. The summed E-state index contributed by atoms with van der Waals surface area (Å²) in [6, 6.07) is 0. The van der Waals surface area contributed by atoms with E-state index in [-0.39, 0.29) is 34.7 Å². The van der Waals surface area contributed by atoms with Crippen LogP contribution in [0.1, 0.15) is 6.42 Å². The van der Waals surface area contributed by atoms with Gasteiger partial charge in [0.05, 0.1) is 6.42 Å². The standard InChI is InChI=1S/C4H6O5.2Al.3H2O4S/c5-2(4(8)9)1-3(6)7;;;3*1-5(2,3)4/h2,5H,1H2,(H,6,7)(H,8,9);;;3*(H2,1,2,3,4)/q;2*+3;;;/p-6. The first-order chi connectivity index (χ1) is 10.0. The molecule has 0 aliphatic heterocycles. The molecule has 26 heavy (non-hydrogen) atoms. The summed E-state index contributed by atoms with van der Waals surface area (Å²) in [7, 11) is -15.5. The van der Waals surface area contributed by atoms with E-state index in [9.17, 15) is 9.59 Å². The molecule has 0 amide bonds. The van der Waals surface area contributed by atoms with Gasteiger partial charge in [-0.3, -0.25) is 30.0 Å². The van der Waals surface area contributed by atoms with E-state index < -0.39 is 55.7 Å². The third kappa shape index (κ3) is 209. The Morgan fingerprint density at radius 1 is 0.692 bits per heavy atom. The number of aliphatic hydroxyl groups excluding tert-OH is 1. The Balaban J connectivity index is -0.0000000521. The zero-order valence-electron chi connectivity index (χ0n) is 11.7. The average Bonchev–Trinajstić information content (AvgIpc) is 2.06. The molecule has 3 N–H and O–H groups in total. The van der Waals surface area contributed by atoms with E-state index >= 15 is 0 Å². The maximum atomic E-state index is 9.72. The van der Waals surface area contributed by atoms with Gasteiger partial charge < -0.3 is 42.6 Å². The predicted octanol–water partition coefficient (Wildman–Crippen LogP) is -5.87. The van der Waals surface area contributed by atoms with Gasteiger partial charge in [0.15, 0.2) is 6.10 Å². The topological polar surface area (TPSA) is 336 Å². The molecule has 17 nitrogen and oxygen atoms in total. The van der Waals surface area contributed by atoms with Crippen LogP contribution in [-0.2, 0) is 40.8 Å². The van der Waals surface area contributed by atoms with Crippen LogP contribution in [0.5, 0.6) is 0 Å². The second-order valence-corrected chi connectivity index (χ2v) is 5.13. The van der Waals surface area contributed by atoms with Gasteiger partial charge in [-0.1, -0.05) is 0 Å². The normalized spacial score (nSPS) is 11.0. The van der Waals surface area contributed by atoms with Crippen molar-refractivity contribution in [2.75, 3.05) is 0 Å². The van der Waals surface area contributed by atoms with Crippen molar-refractivity contribution in [2.45, 2.75) is 12.5 Å². The minimum atomic E-state index is -5.17. The van der Waals surface area contributed by atoms with Gasteiger partial charge in [0, 0.05) is 31.2 Å². The van der Waals surface area contributed by atoms with E-state index in [0.717, 1.165) is 0 Å². The first kappa shape index (κ1) is 40.3. The van der Waals surface area contributed by atoms with Crippen molar-refractivity contribution < 1.29 is 77.5 Å². The van der Waals surface area contributed by atoms with Crippen molar-refractivity contribution in [3.63, 3.8) is 0 Å². The minimum absolute atomic E-state index is 0. The second kappa shape index (κ2) is 18.0. The smallest absolute Gasteiger partial charge is 0.759 e. The Labute approximate surface area is 167 Å². The number of aliphatic hydroxyl groups is 1. The third-order valence-corrected chi connectivity index (χ3v) is 0.653. The molecular weight excluding hydrogens is 470 g/mol. The van der Waals surface area contributed by atoms with Crippen LogP contribution in [0, 0.1) is 0 Å². The van der Waals surface area contributed by atoms with Crippen LogP contribution < -0.4 is 0 Å². The minimum Gasteiger partial charge on any atom is -0.759 e. The maximum Gasteiger partial charge on any atom is 3.00 e. The summed E-state index contributed by atoms with van der Waals surface area (Å²) in [6.07, 6.45) is -2.54. The molecule has 0 aliphatic carbocycles. The van der Waals surface area contributed by atoms with Gasteiger partial charge >= 0.3 is 46.7 Å². The summed E-state index contributed by atoms with van der Waals surface area (Å²) in [4.78, 5) is 19.4. The molecule has 0 fully saturated rings. The van der Waals surface area contributed by atoms with Gasteiger partial charge in [-0.05, 0) is 0 Å². The summed E-state index contributed by atoms with van der Waals surface area (Å²) < 4.78 is 102. The van der Waals surface area contributed by atoms with Crippen LogP contribution in [0.4, 0.5) is 0 Å². The fraction of sp³-hybridized carbons (Fsp3) is 0.500. The van der Waals surface area contributed by atoms with E-state index in [2.05, 4.69) is 0 Å². The second-order valence-electron chi connectivity index (χ2n) is 2.68. The van der Waals surface area contributed by atoms with E-state index in [0.29, 0.717) is 0 Å². The molecule has 1 unspecified atom stereocenters. The first-order valence-corrected chi connectivity index (χ1v) is 8.16. The summed E-state index contributed by atoms with van der Waals surface area (Å²) in [5, 5.41) is 24.1. The monoisotopic (exact) mass is 476 g/mol. The Morgan fingerprint density at radius 3 is 0.885 bits per heavy atom.